The molecule has 196 valence electrons. The maximum atomic E-state index is 13.6. The lowest BCUT2D eigenvalue weighted by atomic mass is 9.95. The summed E-state index contributed by atoms with van der Waals surface area (Å²) in [5.41, 5.74) is 2.10. The highest BCUT2D eigenvalue weighted by molar-refractivity contribution is 7.92. The molecule has 0 radical (unpaired) electrons. The first kappa shape index (κ1) is 27.5. The fourth-order valence-electron chi connectivity index (χ4n) is 4.48. The van der Waals surface area contributed by atoms with E-state index in [0.29, 0.717) is 11.4 Å². The lowest BCUT2D eigenvalue weighted by molar-refractivity contribution is -0.139. The van der Waals surface area contributed by atoms with Crippen LogP contribution >= 0.6 is 0 Å². The summed E-state index contributed by atoms with van der Waals surface area (Å²) in [5.74, 6) is -0.00307. The second-order valence-corrected chi connectivity index (χ2v) is 11.4. The van der Waals surface area contributed by atoms with E-state index in [1.54, 1.807) is 44.4 Å². The van der Waals surface area contributed by atoms with E-state index in [-0.39, 0.29) is 18.5 Å². The molecule has 1 aliphatic carbocycles. The number of amides is 2. The Labute approximate surface area is 214 Å². The van der Waals surface area contributed by atoms with Gasteiger partial charge in [0, 0.05) is 12.6 Å². The number of aryl methyl sites for hydroxylation is 1. The van der Waals surface area contributed by atoms with E-state index in [4.69, 9.17) is 4.74 Å². The third-order valence-corrected chi connectivity index (χ3v) is 7.74. The zero-order chi connectivity index (χ0) is 26.3. The van der Waals surface area contributed by atoms with Crippen LogP contribution in [0.25, 0.3) is 0 Å². The van der Waals surface area contributed by atoms with Gasteiger partial charge in [0.2, 0.25) is 21.8 Å². The molecule has 9 heteroatoms. The van der Waals surface area contributed by atoms with Gasteiger partial charge in [0.15, 0.2) is 0 Å². The molecule has 2 amide bonds. The van der Waals surface area contributed by atoms with Crippen LogP contribution in [0.2, 0.25) is 0 Å². The molecule has 1 saturated carbocycles. The number of nitrogens with one attached hydrogen (secondary N) is 1. The molecule has 8 nitrogen and oxygen atoms in total. The maximum absolute atomic E-state index is 13.6. The van der Waals surface area contributed by atoms with Gasteiger partial charge in [-0.05, 0) is 62.1 Å². The lowest BCUT2D eigenvalue weighted by Crippen LogP contribution is -2.52. The largest absolute Gasteiger partial charge is 0.497 e. The number of rotatable bonds is 10. The minimum Gasteiger partial charge on any atom is -0.497 e. The minimum atomic E-state index is -3.75. The van der Waals surface area contributed by atoms with Crippen LogP contribution in [0.3, 0.4) is 0 Å². The van der Waals surface area contributed by atoms with Gasteiger partial charge in [-0.25, -0.2) is 8.42 Å². The number of sulfonamides is 1. The Bertz CT molecular complexity index is 1140. The zero-order valence-electron chi connectivity index (χ0n) is 21.6. The fourth-order valence-corrected chi connectivity index (χ4v) is 5.32. The summed E-state index contributed by atoms with van der Waals surface area (Å²) in [5, 5.41) is 3.10. The van der Waals surface area contributed by atoms with Crippen molar-refractivity contribution in [2.24, 2.45) is 0 Å². The van der Waals surface area contributed by atoms with Crippen LogP contribution in [0.5, 0.6) is 5.75 Å². The van der Waals surface area contributed by atoms with Crippen LogP contribution in [-0.4, -0.2) is 57.1 Å². The van der Waals surface area contributed by atoms with Gasteiger partial charge in [-0.15, -0.1) is 0 Å². The van der Waals surface area contributed by atoms with Crippen LogP contribution in [0.15, 0.2) is 48.5 Å². The van der Waals surface area contributed by atoms with Gasteiger partial charge in [-0.2, -0.15) is 0 Å². The average Bonchev–Trinajstić information content (AvgIpc) is 2.85. The number of nitrogens with zero attached hydrogens (tertiary/aromatic N) is 2. The highest BCUT2D eigenvalue weighted by atomic mass is 32.2. The first-order valence-electron chi connectivity index (χ1n) is 12.4. The molecule has 0 aliphatic heterocycles. The van der Waals surface area contributed by atoms with Crippen molar-refractivity contribution < 1.29 is 22.7 Å². The van der Waals surface area contributed by atoms with Crippen molar-refractivity contribution in [2.75, 3.05) is 24.2 Å². The molecule has 0 saturated heterocycles. The normalized spacial score (nSPS) is 15.1. The van der Waals surface area contributed by atoms with Gasteiger partial charge in [0.25, 0.3) is 0 Å². The van der Waals surface area contributed by atoms with Crippen molar-refractivity contribution in [1.82, 2.24) is 10.2 Å². The van der Waals surface area contributed by atoms with Crippen LogP contribution in [0.1, 0.15) is 50.2 Å². The fraction of sp³-hybridized carbons (Fsp3) is 0.481. The van der Waals surface area contributed by atoms with Gasteiger partial charge in [0.05, 0.1) is 19.1 Å². The number of anilines is 1. The molecule has 1 atom stereocenters. The molecule has 2 aromatic carbocycles. The van der Waals surface area contributed by atoms with E-state index in [2.05, 4.69) is 5.32 Å². The van der Waals surface area contributed by atoms with E-state index in [1.165, 1.54) is 11.3 Å². The maximum Gasteiger partial charge on any atom is 0.244 e. The number of benzene rings is 2. The monoisotopic (exact) mass is 515 g/mol. The van der Waals surface area contributed by atoms with Gasteiger partial charge in [-0.3, -0.25) is 13.9 Å². The molecular weight excluding hydrogens is 478 g/mol. The summed E-state index contributed by atoms with van der Waals surface area (Å²) in [6.07, 6.45) is 6.27. The highest BCUT2D eigenvalue weighted by Crippen LogP contribution is 2.22. The Morgan fingerprint density at radius 3 is 2.33 bits per heavy atom. The Morgan fingerprint density at radius 1 is 1.08 bits per heavy atom. The Balaban J connectivity index is 1.86. The van der Waals surface area contributed by atoms with E-state index >= 15 is 0 Å². The van der Waals surface area contributed by atoms with Crippen molar-refractivity contribution in [2.45, 2.75) is 64.6 Å². The summed E-state index contributed by atoms with van der Waals surface area (Å²) < 4.78 is 31.6. The molecule has 0 heterocycles. The minimum absolute atomic E-state index is 0.103. The third-order valence-electron chi connectivity index (χ3n) is 6.60. The average molecular weight is 516 g/mol. The van der Waals surface area contributed by atoms with Gasteiger partial charge < -0.3 is 15.0 Å². The van der Waals surface area contributed by atoms with Crippen molar-refractivity contribution in [1.29, 1.82) is 0 Å². The number of carbonyl (C=O) groups is 2. The van der Waals surface area contributed by atoms with Crippen molar-refractivity contribution in [3.8, 4) is 5.75 Å². The smallest absolute Gasteiger partial charge is 0.244 e. The summed E-state index contributed by atoms with van der Waals surface area (Å²) in [6.45, 7) is 3.31. The predicted octanol–water partition coefficient (Wildman–Crippen LogP) is 3.64. The summed E-state index contributed by atoms with van der Waals surface area (Å²) in [7, 11) is -2.17. The van der Waals surface area contributed by atoms with E-state index in [0.717, 1.165) is 47.4 Å². The molecule has 0 bridgehead atoms. The van der Waals surface area contributed by atoms with Gasteiger partial charge in [0.1, 0.15) is 18.3 Å². The quantitative estimate of drug-likeness (QED) is 0.521. The Morgan fingerprint density at radius 2 is 1.75 bits per heavy atom. The highest BCUT2D eigenvalue weighted by Gasteiger charge is 2.31. The Hall–Kier alpha value is -3.07. The van der Waals surface area contributed by atoms with Crippen LogP contribution in [0.4, 0.5) is 5.69 Å². The summed E-state index contributed by atoms with van der Waals surface area (Å²) in [6, 6.07) is 13.6. The Kier molecular flexibility index (Phi) is 9.37. The van der Waals surface area contributed by atoms with E-state index in [9.17, 15) is 18.0 Å². The summed E-state index contributed by atoms with van der Waals surface area (Å²) >= 11 is 0. The number of carbonyl (C=O) groups excluding carboxylic acids is 2. The molecule has 1 fully saturated rings. The van der Waals surface area contributed by atoms with Gasteiger partial charge >= 0.3 is 0 Å². The second-order valence-electron chi connectivity index (χ2n) is 9.50. The standard InChI is InChI=1S/C27H37N3O5S/c1-20-9-8-12-24(17-20)30(36(4,33)34)19-26(31)29(18-22-13-15-25(35-3)16-14-22)21(2)27(32)28-23-10-6-5-7-11-23/h8-9,12-17,21,23H,5-7,10-11,18-19H2,1-4H3,(H,28,32)/t21-/m0/s1. The van der Waals surface area contributed by atoms with E-state index < -0.39 is 28.5 Å². The van der Waals surface area contributed by atoms with Crippen LogP contribution < -0.4 is 14.4 Å². The third kappa shape index (κ3) is 7.46. The first-order valence-corrected chi connectivity index (χ1v) is 14.2. The molecule has 0 unspecified atom stereocenters. The van der Waals surface area contributed by atoms with Crippen molar-refractivity contribution >= 4 is 27.5 Å². The first-order chi connectivity index (χ1) is 17.1. The van der Waals surface area contributed by atoms with E-state index in [1.807, 2.05) is 25.1 Å². The second kappa shape index (κ2) is 12.3. The molecule has 2 aromatic rings. The topological polar surface area (TPSA) is 96.0 Å². The number of ether oxygens (including phenoxy) is 1. The van der Waals surface area contributed by atoms with Crippen molar-refractivity contribution in [3.05, 3.63) is 59.7 Å². The van der Waals surface area contributed by atoms with Crippen LogP contribution in [-0.2, 0) is 26.2 Å². The molecule has 1 N–H and O–H groups in total. The molecule has 0 aromatic heterocycles. The number of hydrogen-bond acceptors (Lipinski definition) is 5. The van der Waals surface area contributed by atoms with Gasteiger partial charge in [-0.1, -0.05) is 43.5 Å². The molecule has 1 aliphatic rings. The van der Waals surface area contributed by atoms with Crippen LogP contribution in [0, 0.1) is 6.92 Å². The lowest BCUT2D eigenvalue weighted by Gasteiger charge is -2.33. The number of hydrogen-bond donors (Lipinski definition) is 1. The molecular formula is C27H37N3O5S. The number of methoxy groups -OCH3 is 1. The predicted molar refractivity (Wildman–Crippen MR) is 141 cm³/mol. The summed E-state index contributed by atoms with van der Waals surface area (Å²) in [4.78, 5) is 28.3. The molecule has 0 spiro atoms. The molecule has 36 heavy (non-hydrogen) atoms. The zero-order valence-corrected chi connectivity index (χ0v) is 22.4. The SMILES string of the molecule is COc1ccc(CN(C(=O)CN(c2cccc(C)c2)S(C)(=O)=O)[C@@H](C)C(=O)NC2CCCCC2)cc1. The molecule has 3 rings (SSSR count). The van der Waals surface area contributed by atoms with Crippen molar-refractivity contribution in [3.63, 3.8) is 0 Å².